The second-order valence-electron chi connectivity index (χ2n) is 11.1. The van der Waals surface area contributed by atoms with Gasteiger partial charge in [0, 0.05) is 31.4 Å². The van der Waals surface area contributed by atoms with Crippen LogP contribution in [0.1, 0.15) is 19.3 Å². The smallest absolute Gasteiger partial charge is 0.337 e. The van der Waals surface area contributed by atoms with Crippen molar-refractivity contribution >= 4 is 77.6 Å². The van der Waals surface area contributed by atoms with E-state index in [0.717, 1.165) is 42.5 Å². The summed E-state index contributed by atoms with van der Waals surface area (Å²) in [5.74, 6) is -20.8. The van der Waals surface area contributed by atoms with Crippen LogP contribution in [0.5, 0.6) is 0 Å². The molecule has 0 bridgehead atoms. The number of hydrogen-bond donors (Lipinski definition) is 11. The standard InChI is InChI=1S/2C9H10O4.3C7H8O6/c2*1-3-6-13-9(12)7(2)4-5-8(10)11;3*1-2-3-7(4(8)9,5(10)11)6(12)13/h2*3-5H,1-2,6H2,(H,10,11);3*2H,1,3H2,(H,8,9)(H,10,11)(H,12,13). The van der Waals surface area contributed by atoms with Crippen LogP contribution in [-0.4, -0.2) is 147 Å². The summed E-state index contributed by atoms with van der Waals surface area (Å²) in [6, 6.07) is 0. The van der Waals surface area contributed by atoms with Crippen molar-refractivity contribution in [2.75, 3.05) is 13.2 Å². The van der Waals surface area contributed by atoms with Crippen molar-refractivity contribution in [2.45, 2.75) is 19.3 Å². The monoisotopic (exact) mass is 928 g/mol. The van der Waals surface area contributed by atoms with Crippen LogP contribution in [-0.2, 0) is 71.8 Å². The summed E-state index contributed by atoms with van der Waals surface area (Å²) in [6.07, 6.45) is 7.45. The molecule has 26 heteroatoms. The van der Waals surface area contributed by atoms with Crippen molar-refractivity contribution in [3.8, 4) is 0 Å². The number of carboxylic acids is 11. The zero-order valence-electron chi connectivity index (χ0n) is 33.7. The highest BCUT2D eigenvalue weighted by Gasteiger charge is 2.55. The van der Waals surface area contributed by atoms with Gasteiger partial charge in [-0.15, -0.1) is 19.7 Å². The number of carbonyl (C=O) groups is 13. The van der Waals surface area contributed by atoms with Crippen LogP contribution in [0.3, 0.4) is 0 Å². The Kier molecular flexibility index (Phi) is 32.5. The van der Waals surface area contributed by atoms with Gasteiger partial charge in [0.1, 0.15) is 13.2 Å². The minimum atomic E-state index is -2.82. The molecule has 356 valence electrons. The van der Waals surface area contributed by atoms with E-state index in [0.29, 0.717) is 0 Å². The molecule has 65 heavy (non-hydrogen) atoms. The van der Waals surface area contributed by atoms with E-state index in [1.165, 1.54) is 12.2 Å². The first-order valence-corrected chi connectivity index (χ1v) is 16.5. The molecule has 0 heterocycles. The molecule has 0 unspecified atom stereocenters. The van der Waals surface area contributed by atoms with Gasteiger partial charge in [-0.25, -0.2) is 19.2 Å². The van der Waals surface area contributed by atoms with E-state index in [9.17, 15) is 62.3 Å². The van der Waals surface area contributed by atoms with Crippen LogP contribution in [0.2, 0.25) is 0 Å². The van der Waals surface area contributed by atoms with Gasteiger partial charge in [0.05, 0.1) is 11.1 Å². The van der Waals surface area contributed by atoms with Gasteiger partial charge in [0.2, 0.25) is 0 Å². The SMILES string of the molecule is C=CCC(C(=O)O)(C(=O)O)C(=O)O.C=CCC(C(=O)O)(C(=O)O)C(=O)O.C=CCC(C(=O)O)(C(=O)O)C(=O)O.C=CCOC(=O)C(=C)C=CC(=O)O.C=CCOC(=O)C(=C)C=CC(=O)O. The Balaban J connectivity index is -0.000000231. The summed E-state index contributed by atoms with van der Waals surface area (Å²) < 4.78 is 9.17. The molecule has 0 saturated carbocycles. The minimum absolute atomic E-state index is 0.00995. The molecule has 0 saturated heterocycles. The fraction of sp³-hybridized carbons (Fsp3) is 0.205. The van der Waals surface area contributed by atoms with Crippen LogP contribution in [0, 0.1) is 16.2 Å². The third-order valence-corrected chi connectivity index (χ3v) is 6.68. The molecule has 11 N–H and O–H groups in total. The van der Waals surface area contributed by atoms with E-state index in [2.05, 4.69) is 55.5 Å². The molecular weight excluding hydrogens is 884 g/mol. The van der Waals surface area contributed by atoms with Gasteiger partial charge in [-0.3, -0.25) is 43.2 Å². The Morgan fingerprint density at radius 3 is 0.631 bits per heavy atom. The maximum atomic E-state index is 10.9. The molecular formula is C39H44O26. The predicted molar refractivity (Wildman–Crippen MR) is 215 cm³/mol. The number of rotatable bonds is 25. The van der Waals surface area contributed by atoms with E-state index < -0.39 is 113 Å². The first-order chi connectivity index (χ1) is 29.8. The molecule has 0 aromatic heterocycles. The molecule has 0 aliphatic carbocycles. The number of hydrogen-bond acceptors (Lipinski definition) is 15. The van der Waals surface area contributed by atoms with Crippen LogP contribution in [0.25, 0.3) is 0 Å². The maximum absolute atomic E-state index is 10.9. The maximum Gasteiger partial charge on any atom is 0.337 e. The lowest BCUT2D eigenvalue weighted by Gasteiger charge is -2.17. The number of aliphatic carboxylic acids is 11. The second-order valence-corrected chi connectivity index (χ2v) is 11.1. The van der Waals surface area contributed by atoms with Gasteiger partial charge in [-0.2, -0.15) is 0 Å². The number of allylic oxidation sites excluding steroid dienone is 3. The largest absolute Gasteiger partial charge is 0.480 e. The zero-order valence-corrected chi connectivity index (χ0v) is 33.7. The number of carbonyl (C=O) groups excluding carboxylic acids is 2. The quantitative estimate of drug-likeness (QED) is 0.0202. The Morgan fingerprint density at radius 2 is 0.523 bits per heavy atom. The number of ether oxygens (including phenoxy) is 2. The number of carboxylic acid groups (broad SMARTS) is 11. The van der Waals surface area contributed by atoms with Gasteiger partial charge >= 0.3 is 77.6 Å². The predicted octanol–water partition coefficient (Wildman–Crippen LogP) is 1.23. The van der Waals surface area contributed by atoms with Crippen molar-refractivity contribution in [3.63, 3.8) is 0 Å². The van der Waals surface area contributed by atoms with E-state index in [1.807, 2.05) is 0 Å². The van der Waals surface area contributed by atoms with Gasteiger partial charge in [-0.05, 0) is 12.2 Å². The summed E-state index contributed by atoms with van der Waals surface area (Å²) in [6.45, 7) is 22.8. The van der Waals surface area contributed by atoms with Gasteiger partial charge in [0.25, 0.3) is 16.2 Å². The molecule has 0 aromatic carbocycles. The summed E-state index contributed by atoms with van der Waals surface area (Å²) >= 11 is 0. The summed E-state index contributed by atoms with van der Waals surface area (Å²) in [5.41, 5.74) is -8.47. The normalized spacial score (nSPS) is 10.1. The highest BCUT2D eigenvalue weighted by molar-refractivity contribution is 6.17. The van der Waals surface area contributed by atoms with Crippen molar-refractivity contribution in [3.05, 3.63) is 112 Å². The molecule has 0 fully saturated rings. The van der Waals surface area contributed by atoms with Crippen molar-refractivity contribution in [2.24, 2.45) is 16.2 Å². The minimum Gasteiger partial charge on any atom is -0.480 e. The first kappa shape index (κ1) is 64.9. The average Bonchev–Trinajstić information content (AvgIpc) is 3.19. The highest BCUT2D eigenvalue weighted by atomic mass is 16.5. The van der Waals surface area contributed by atoms with E-state index in [-0.39, 0.29) is 24.4 Å². The van der Waals surface area contributed by atoms with Crippen LogP contribution >= 0.6 is 0 Å². The molecule has 0 spiro atoms. The lowest BCUT2D eigenvalue weighted by molar-refractivity contribution is -0.178. The van der Waals surface area contributed by atoms with Crippen molar-refractivity contribution < 1.29 is 128 Å². The molecule has 0 radical (unpaired) electrons. The Morgan fingerprint density at radius 1 is 0.338 bits per heavy atom. The Labute approximate surface area is 365 Å². The van der Waals surface area contributed by atoms with Crippen LogP contribution < -0.4 is 0 Å². The van der Waals surface area contributed by atoms with E-state index >= 15 is 0 Å². The van der Waals surface area contributed by atoms with E-state index in [4.69, 9.17) is 56.2 Å². The third kappa shape index (κ3) is 22.3. The molecule has 0 aromatic rings. The fourth-order valence-corrected chi connectivity index (χ4v) is 3.19. The summed E-state index contributed by atoms with van der Waals surface area (Å²) in [7, 11) is 0. The first-order valence-electron chi connectivity index (χ1n) is 16.5. The highest BCUT2D eigenvalue weighted by Crippen LogP contribution is 2.25. The lowest BCUT2D eigenvalue weighted by Crippen LogP contribution is -2.46. The van der Waals surface area contributed by atoms with Gasteiger partial charge in [0.15, 0.2) is 0 Å². The van der Waals surface area contributed by atoms with Crippen LogP contribution in [0.15, 0.2) is 112 Å². The van der Waals surface area contributed by atoms with Crippen molar-refractivity contribution in [1.82, 2.24) is 0 Å². The van der Waals surface area contributed by atoms with Crippen molar-refractivity contribution in [1.29, 1.82) is 0 Å². The molecule has 0 rings (SSSR count). The fourth-order valence-electron chi connectivity index (χ4n) is 3.19. The molecule has 0 amide bonds. The summed E-state index contributed by atoms with van der Waals surface area (Å²) in [4.78, 5) is 136. The zero-order chi connectivity index (χ0) is 52.5. The summed E-state index contributed by atoms with van der Waals surface area (Å²) in [5, 5.41) is 92.8. The van der Waals surface area contributed by atoms with E-state index in [1.54, 1.807) is 0 Å². The number of esters is 2. The topological polar surface area (TPSA) is 463 Å². The van der Waals surface area contributed by atoms with Crippen LogP contribution in [0.4, 0.5) is 0 Å². The van der Waals surface area contributed by atoms with Gasteiger partial charge < -0.3 is 65.6 Å². The lowest BCUT2D eigenvalue weighted by atomic mass is 9.85. The Hall–Kier alpha value is -9.23. The third-order valence-electron chi connectivity index (χ3n) is 6.68. The molecule has 0 atom stereocenters. The molecule has 0 aliphatic heterocycles. The molecule has 0 aliphatic rings. The Bertz CT molecular complexity index is 1680. The average molecular weight is 929 g/mol. The second kappa shape index (κ2) is 32.5. The molecule has 26 nitrogen and oxygen atoms in total. The van der Waals surface area contributed by atoms with Gasteiger partial charge in [-0.1, -0.05) is 56.7 Å².